The van der Waals surface area contributed by atoms with Crippen LogP contribution in [0.2, 0.25) is 0 Å². The van der Waals surface area contributed by atoms with Crippen molar-refractivity contribution in [1.82, 2.24) is 20.2 Å². The number of aromatic nitrogens is 2. The quantitative estimate of drug-likeness (QED) is 0.250. The zero-order valence-electron chi connectivity index (χ0n) is 20.2. The Kier molecular flexibility index (Phi) is 8.08. The van der Waals surface area contributed by atoms with Crippen LogP contribution in [0.3, 0.4) is 0 Å². The van der Waals surface area contributed by atoms with Crippen LogP contribution in [0.5, 0.6) is 0 Å². The van der Waals surface area contributed by atoms with Gasteiger partial charge in [0.1, 0.15) is 5.01 Å². The summed E-state index contributed by atoms with van der Waals surface area (Å²) in [5.41, 5.74) is 3.67. The van der Waals surface area contributed by atoms with Crippen LogP contribution in [0.1, 0.15) is 6.42 Å². The topological polar surface area (TPSA) is 90.5 Å². The average molecular weight is 580 g/mol. The monoisotopic (exact) mass is 578 g/mol. The van der Waals surface area contributed by atoms with Crippen molar-refractivity contribution in [3.05, 3.63) is 71.5 Å². The van der Waals surface area contributed by atoms with E-state index in [1.165, 1.54) is 5.69 Å². The Balaban J connectivity index is 1.03. The van der Waals surface area contributed by atoms with Crippen molar-refractivity contribution < 1.29 is 9.59 Å². The number of nitrogens with zero attached hydrogens (tertiary/aromatic N) is 4. The molecule has 0 saturated carbocycles. The van der Waals surface area contributed by atoms with Gasteiger partial charge in [0.05, 0.1) is 10.2 Å². The second kappa shape index (κ2) is 11.8. The highest BCUT2D eigenvalue weighted by Gasteiger charge is 2.18. The number of nitrogens with one attached hydrogen (secondary N) is 2. The smallest absolute Gasteiger partial charge is 0.313 e. The summed E-state index contributed by atoms with van der Waals surface area (Å²) in [6, 6.07) is 17.5. The van der Waals surface area contributed by atoms with Crippen molar-refractivity contribution in [3.63, 3.8) is 0 Å². The summed E-state index contributed by atoms with van der Waals surface area (Å²) in [5.74, 6) is -1.29. The van der Waals surface area contributed by atoms with E-state index in [9.17, 15) is 9.59 Å². The van der Waals surface area contributed by atoms with E-state index in [1.54, 1.807) is 23.5 Å². The third-order valence-corrected chi connectivity index (χ3v) is 7.86. The summed E-state index contributed by atoms with van der Waals surface area (Å²) in [6.07, 6.45) is 4.43. The fourth-order valence-electron chi connectivity index (χ4n) is 4.28. The number of thiazole rings is 1. The maximum absolute atomic E-state index is 12.3. The van der Waals surface area contributed by atoms with Gasteiger partial charge in [-0.1, -0.05) is 15.9 Å². The van der Waals surface area contributed by atoms with Crippen LogP contribution in [0.25, 0.3) is 20.8 Å². The molecule has 5 rings (SSSR count). The number of hydrogen-bond donors (Lipinski definition) is 2. The SMILES string of the molecule is O=C(NCCCN1CCN(c2ccncc2)CC1)C(=O)Nc1ccc(-c2nc3cc(Br)ccc3s2)cc1. The number of piperazine rings is 1. The van der Waals surface area contributed by atoms with Crippen LogP contribution in [0.15, 0.2) is 71.5 Å². The van der Waals surface area contributed by atoms with Crippen LogP contribution in [-0.2, 0) is 9.59 Å². The van der Waals surface area contributed by atoms with E-state index in [4.69, 9.17) is 0 Å². The molecule has 3 heterocycles. The lowest BCUT2D eigenvalue weighted by Crippen LogP contribution is -2.47. The fraction of sp³-hybridized carbons (Fsp3) is 0.259. The predicted molar refractivity (Wildman–Crippen MR) is 152 cm³/mol. The number of hydrogen-bond acceptors (Lipinski definition) is 7. The van der Waals surface area contributed by atoms with E-state index >= 15 is 0 Å². The van der Waals surface area contributed by atoms with Gasteiger partial charge in [-0.2, -0.15) is 0 Å². The van der Waals surface area contributed by atoms with E-state index < -0.39 is 11.8 Å². The number of fused-ring (bicyclic) bond motifs is 1. The van der Waals surface area contributed by atoms with Gasteiger partial charge in [0.15, 0.2) is 0 Å². The van der Waals surface area contributed by atoms with E-state index in [2.05, 4.69) is 46.3 Å². The first-order valence-electron chi connectivity index (χ1n) is 12.2. The molecule has 2 aromatic heterocycles. The lowest BCUT2D eigenvalue weighted by Gasteiger charge is -2.36. The first kappa shape index (κ1) is 25.3. The van der Waals surface area contributed by atoms with Gasteiger partial charge in [0, 0.05) is 66.5 Å². The Morgan fingerprint density at radius 1 is 0.946 bits per heavy atom. The zero-order valence-corrected chi connectivity index (χ0v) is 22.6. The maximum atomic E-state index is 12.3. The van der Waals surface area contributed by atoms with E-state index in [-0.39, 0.29) is 0 Å². The molecule has 0 bridgehead atoms. The molecule has 1 aliphatic rings. The number of pyridine rings is 1. The van der Waals surface area contributed by atoms with Gasteiger partial charge in [-0.25, -0.2) is 4.98 Å². The number of carbonyl (C=O) groups excluding carboxylic acids is 2. The molecule has 10 heteroatoms. The Hall–Kier alpha value is -3.34. The van der Waals surface area contributed by atoms with Gasteiger partial charge >= 0.3 is 11.8 Å². The predicted octanol–water partition coefficient (Wildman–Crippen LogP) is 4.39. The molecule has 8 nitrogen and oxygen atoms in total. The third kappa shape index (κ3) is 6.51. The number of carbonyl (C=O) groups is 2. The Morgan fingerprint density at radius 3 is 2.46 bits per heavy atom. The van der Waals surface area contributed by atoms with E-state index in [0.717, 1.165) is 64.4 Å². The molecule has 1 aliphatic heterocycles. The molecule has 2 aromatic carbocycles. The van der Waals surface area contributed by atoms with Crippen molar-refractivity contribution in [2.24, 2.45) is 0 Å². The van der Waals surface area contributed by atoms with Gasteiger partial charge in [-0.3, -0.25) is 19.5 Å². The normalized spacial score (nSPS) is 14.0. The lowest BCUT2D eigenvalue weighted by molar-refractivity contribution is -0.136. The van der Waals surface area contributed by atoms with Crippen LogP contribution < -0.4 is 15.5 Å². The number of amides is 2. The number of rotatable bonds is 7. The molecule has 0 radical (unpaired) electrons. The number of benzene rings is 2. The second-order valence-electron chi connectivity index (χ2n) is 8.81. The molecule has 0 atom stereocenters. The van der Waals surface area contributed by atoms with Crippen molar-refractivity contribution >= 4 is 60.7 Å². The molecule has 190 valence electrons. The highest BCUT2D eigenvalue weighted by molar-refractivity contribution is 9.10. The minimum atomic E-state index is -0.663. The zero-order chi connectivity index (χ0) is 25.6. The highest BCUT2D eigenvalue weighted by atomic mass is 79.9. The molecule has 1 fully saturated rings. The molecule has 0 spiro atoms. The van der Waals surface area contributed by atoms with Crippen molar-refractivity contribution in [2.75, 3.05) is 49.5 Å². The van der Waals surface area contributed by atoms with E-state index in [1.807, 2.05) is 54.9 Å². The summed E-state index contributed by atoms with van der Waals surface area (Å²) < 4.78 is 2.10. The maximum Gasteiger partial charge on any atom is 0.313 e. The Labute approximate surface area is 227 Å². The van der Waals surface area contributed by atoms with Crippen LogP contribution in [-0.4, -0.2) is 66.0 Å². The molecule has 1 saturated heterocycles. The molecule has 2 N–H and O–H groups in total. The summed E-state index contributed by atoms with van der Waals surface area (Å²) in [5, 5.41) is 6.30. The average Bonchev–Trinajstić information content (AvgIpc) is 3.35. The van der Waals surface area contributed by atoms with E-state index in [0.29, 0.717) is 12.2 Å². The van der Waals surface area contributed by atoms with Gasteiger partial charge in [0.25, 0.3) is 0 Å². The van der Waals surface area contributed by atoms with Crippen LogP contribution in [0.4, 0.5) is 11.4 Å². The van der Waals surface area contributed by atoms with Crippen LogP contribution in [0, 0.1) is 0 Å². The Morgan fingerprint density at radius 2 is 1.70 bits per heavy atom. The molecular formula is C27H27BrN6O2S. The highest BCUT2D eigenvalue weighted by Crippen LogP contribution is 2.32. The fourth-order valence-corrected chi connectivity index (χ4v) is 5.58. The summed E-state index contributed by atoms with van der Waals surface area (Å²) in [7, 11) is 0. The molecular weight excluding hydrogens is 552 g/mol. The molecule has 4 aromatic rings. The Bertz CT molecular complexity index is 1370. The number of anilines is 2. The largest absolute Gasteiger partial charge is 0.369 e. The number of halogens is 1. The molecule has 0 unspecified atom stereocenters. The summed E-state index contributed by atoms with van der Waals surface area (Å²) >= 11 is 5.09. The standard InChI is InChI=1S/C27H27BrN6O2S/c28-20-4-7-24-23(18-20)32-27(37-24)19-2-5-21(6-3-19)31-26(36)25(35)30-10-1-13-33-14-16-34(17-15-33)22-8-11-29-12-9-22/h2-9,11-12,18H,1,10,13-17H2,(H,30,35)(H,31,36). The van der Waals surface area contributed by atoms with Crippen molar-refractivity contribution in [1.29, 1.82) is 0 Å². The molecule has 0 aliphatic carbocycles. The molecule has 2 amide bonds. The summed E-state index contributed by atoms with van der Waals surface area (Å²) in [6.45, 7) is 5.23. The van der Waals surface area contributed by atoms with Gasteiger partial charge in [0.2, 0.25) is 0 Å². The second-order valence-corrected chi connectivity index (χ2v) is 10.8. The third-order valence-electron chi connectivity index (χ3n) is 6.28. The van der Waals surface area contributed by atoms with Gasteiger partial charge in [-0.15, -0.1) is 11.3 Å². The van der Waals surface area contributed by atoms with Crippen molar-refractivity contribution in [3.8, 4) is 10.6 Å². The van der Waals surface area contributed by atoms with Gasteiger partial charge in [-0.05, 0) is 67.6 Å². The first-order chi connectivity index (χ1) is 18.0. The summed E-state index contributed by atoms with van der Waals surface area (Å²) in [4.78, 5) is 38.1. The lowest BCUT2D eigenvalue weighted by atomic mass is 10.2. The molecule has 37 heavy (non-hydrogen) atoms. The first-order valence-corrected chi connectivity index (χ1v) is 13.8. The van der Waals surface area contributed by atoms with Crippen LogP contribution >= 0.6 is 27.3 Å². The van der Waals surface area contributed by atoms with Crippen molar-refractivity contribution in [2.45, 2.75) is 6.42 Å². The van der Waals surface area contributed by atoms with Gasteiger partial charge < -0.3 is 15.5 Å². The minimum Gasteiger partial charge on any atom is -0.369 e. The minimum absolute atomic E-state index is 0.462.